The van der Waals surface area contributed by atoms with Gasteiger partial charge in [0.15, 0.2) is 35.4 Å². The third kappa shape index (κ3) is 12.6. The molecule has 0 aliphatic carbocycles. The number of phosphoric acid groups is 5. The minimum atomic E-state index is -6.45. The van der Waals surface area contributed by atoms with Gasteiger partial charge in [-0.2, -0.15) is 17.2 Å². The van der Waals surface area contributed by atoms with Gasteiger partial charge in [0.2, 0.25) is 0 Å². The highest BCUT2D eigenvalue weighted by Gasteiger charge is 2.51. The maximum Gasteiger partial charge on any atom is 0.490 e. The van der Waals surface area contributed by atoms with Crippen molar-refractivity contribution >= 4 is 73.1 Å². The molecule has 42 heteroatoms. The van der Waals surface area contributed by atoms with Gasteiger partial charge in [-0.15, -0.1) is 0 Å². The highest BCUT2D eigenvalue weighted by atomic mass is 31.3. The summed E-state index contributed by atoms with van der Waals surface area (Å²) < 4.78 is 98.9. The van der Waals surface area contributed by atoms with Crippen LogP contribution in [0.1, 0.15) is 12.5 Å². The monoisotopic (exact) mass is 1000 g/mol. The lowest BCUT2D eigenvalue weighted by atomic mass is 10.1. The number of fused-ring (bicyclic) bond motifs is 2. The van der Waals surface area contributed by atoms with E-state index in [0.717, 1.165) is 34.4 Å². The number of aliphatic hydroxyl groups excluding tert-OH is 4. The van der Waals surface area contributed by atoms with Crippen LogP contribution in [-0.2, 0) is 58.6 Å². The highest BCUT2D eigenvalue weighted by Crippen LogP contribution is 2.73. The summed E-state index contributed by atoms with van der Waals surface area (Å²) in [5.74, 6) is -0.0770. The van der Waals surface area contributed by atoms with Gasteiger partial charge in [0, 0.05) is 0 Å². The molecule has 6 rings (SSSR count). The molecular formula is C20H44N15O22P5. The van der Waals surface area contributed by atoms with Crippen LogP contribution in [0.25, 0.3) is 22.3 Å². The van der Waals surface area contributed by atoms with Gasteiger partial charge >= 0.3 is 39.1 Å². The van der Waals surface area contributed by atoms with E-state index in [0.29, 0.717) is 0 Å². The number of nitrogens with two attached hydrogens (primary N) is 2. The van der Waals surface area contributed by atoms with Crippen molar-refractivity contribution in [2.45, 2.75) is 49.1 Å². The molecule has 0 radical (unpaired) electrons. The summed E-state index contributed by atoms with van der Waals surface area (Å²) in [6.07, 6.45) is -9.04. The number of aliphatic hydroxyl groups is 4. The van der Waals surface area contributed by atoms with Crippen LogP contribution in [0, 0.1) is 0 Å². The van der Waals surface area contributed by atoms with E-state index in [-0.39, 0.29) is 64.7 Å². The standard InChI is InChI=1S/C20H29N10O22P5.5H3N/c21-15-9-17(25-3-23-15)29(5-27-9)19-13(33)11(31)7(47-19)1-45-53(35,36)49-55(39,40)51-57(43,44)52-56(41,42)50-54(37,38)46-2-8-12(32)14(34)20(48-8)30-6-28-10-16(22)24-4-26-18(10)30;;;;;/h3-8,11-14,19-20,31-34H,1-2H2,(H,35,36)(H,37,38)(H,39,40)(H,41,42)(H,43,44)(H2,21,23,25)(H2,22,24,26);5*1H3/t7-,8-,11+,12?,13?,14+,19-,20-;;;;;/m1...../s1. The van der Waals surface area contributed by atoms with E-state index in [4.69, 9.17) is 20.9 Å². The Morgan fingerprint density at radius 1 is 0.516 bits per heavy atom. The van der Waals surface area contributed by atoms with E-state index in [1.54, 1.807) is 0 Å². The predicted octanol–water partition coefficient (Wildman–Crippen LogP) is -1.52. The maximum absolute atomic E-state index is 12.4. The Morgan fingerprint density at radius 2 is 0.823 bits per heavy atom. The quantitative estimate of drug-likeness (QED) is 0.0567. The van der Waals surface area contributed by atoms with Gasteiger partial charge in [0.25, 0.3) is 0 Å². The molecular weight excluding hydrogens is 957 g/mol. The number of anilines is 2. The first-order valence-electron chi connectivity index (χ1n) is 15.1. The van der Waals surface area contributed by atoms with Crippen molar-refractivity contribution in [3.8, 4) is 0 Å². The minimum absolute atomic E-state index is 0. The van der Waals surface area contributed by atoms with Crippen LogP contribution in [0.5, 0.6) is 0 Å². The summed E-state index contributed by atoms with van der Waals surface area (Å²) in [4.78, 5) is 72.6. The molecule has 0 bridgehead atoms. The lowest BCUT2D eigenvalue weighted by molar-refractivity contribution is -0.0503. The molecule has 13 atom stereocenters. The second-order valence-electron chi connectivity index (χ2n) is 11.5. The molecule has 0 aromatic carbocycles. The first kappa shape index (κ1) is 57.0. The lowest BCUT2D eigenvalue weighted by Crippen LogP contribution is -2.33. The number of imidazole rings is 2. The third-order valence-corrected chi connectivity index (χ3v) is 15.2. The summed E-state index contributed by atoms with van der Waals surface area (Å²) in [6.45, 7) is -2.34. The summed E-state index contributed by atoms with van der Waals surface area (Å²) in [5, 5.41) is 41.8. The number of nitrogen functional groups attached to an aromatic ring is 2. The normalized spacial score (nSPS) is 28.3. The number of aromatic nitrogens is 8. The zero-order chi connectivity index (χ0) is 41.9. The number of hydrogen-bond donors (Lipinski definition) is 16. The lowest BCUT2D eigenvalue weighted by Gasteiger charge is -2.21. The number of nitrogens with zero attached hydrogens (tertiary/aromatic N) is 8. The molecule has 0 amide bonds. The third-order valence-electron chi connectivity index (χ3n) is 7.63. The predicted molar refractivity (Wildman–Crippen MR) is 202 cm³/mol. The van der Waals surface area contributed by atoms with Gasteiger partial charge < -0.3 is 96.6 Å². The number of hydrogen-bond acceptors (Lipinski definition) is 30. The molecule has 4 aromatic heterocycles. The number of ether oxygens (including phenoxy) is 2. The van der Waals surface area contributed by atoms with Gasteiger partial charge in [-0.05, 0) is 0 Å². The van der Waals surface area contributed by atoms with Crippen molar-refractivity contribution in [2.75, 3.05) is 24.7 Å². The zero-order valence-corrected chi connectivity index (χ0v) is 35.7. The first-order chi connectivity index (χ1) is 26.4. The zero-order valence-electron chi connectivity index (χ0n) is 31.2. The van der Waals surface area contributed by atoms with Gasteiger partial charge in [0.05, 0.1) is 25.9 Å². The molecule has 4 aromatic rings. The van der Waals surface area contributed by atoms with Crippen LogP contribution in [0.4, 0.5) is 11.6 Å². The number of rotatable bonds is 16. The van der Waals surface area contributed by atoms with Crippen molar-refractivity contribution in [1.29, 1.82) is 0 Å². The van der Waals surface area contributed by atoms with E-state index >= 15 is 0 Å². The van der Waals surface area contributed by atoms with Crippen molar-refractivity contribution in [2.24, 2.45) is 0 Å². The molecule has 62 heavy (non-hydrogen) atoms. The Bertz CT molecular complexity index is 2240. The van der Waals surface area contributed by atoms with Gasteiger partial charge in [-0.3, -0.25) is 18.2 Å². The van der Waals surface area contributed by atoms with E-state index < -0.39 is 101 Å². The minimum Gasteiger partial charge on any atom is -0.387 e. The largest absolute Gasteiger partial charge is 0.490 e. The molecule has 2 aliphatic heterocycles. The molecule has 0 spiro atoms. The Balaban J connectivity index is 0.00000384. The van der Waals surface area contributed by atoms with Crippen LogP contribution in [-0.4, -0.2) is 134 Å². The van der Waals surface area contributed by atoms with Crippen molar-refractivity contribution < 1.29 is 103 Å². The smallest absolute Gasteiger partial charge is 0.387 e. The molecule has 2 fully saturated rings. The van der Waals surface area contributed by atoms with Crippen LogP contribution in [0.15, 0.2) is 25.3 Å². The van der Waals surface area contributed by atoms with Crippen molar-refractivity contribution in [3.63, 3.8) is 0 Å². The highest BCUT2D eigenvalue weighted by molar-refractivity contribution is 7.71. The molecule has 37 nitrogen and oxygen atoms in total. The molecule has 0 saturated carbocycles. The van der Waals surface area contributed by atoms with E-state index in [1.165, 1.54) is 0 Å². The molecule has 28 N–H and O–H groups in total. The van der Waals surface area contributed by atoms with Crippen LogP contribution >= 0.6 is 39.1 Å². The Labute approximate surface area is 345 Å². The summed E-state index contributed by atoms with van der Waals surface area (Å²) >= 11 is 0. The topological polar surface area (TPSA) is 656 Å². The fourth-order valence-corrected chi connectivity index (χ4v) is 11.6. The first-order valence-corrected chi connectivity index (χ1v) is 22.5. The Hall–Kier alpha value is -3.03. The maximum atomic E-state index is 12.4. The van der Waals surface area contributed by atoms with Gasteiger partial charge in [-0.1, -0.05) is 0 Å². The SMILES string of the molecule is N.N.N.N.N.Nc1ncnc2c1ncn2[C@@H]1O[C@H](COP(=O)(O)OP(=O)(O)OP(=O)(O)OP(=O)(O)OP(=O)(O)OC[C@H]2O[C@@H](n3cnc4c(N)ncnc43)[C@@H](O)C2O)[C@H](O)C1O. The fraction of sp³-hybridized carbons (Fsp3) is 0.500. The number of phosphoric ester groups is 2. The van der Waals surface area contributed by atoms with Gasteiger partial charge in [0.1, 0.15) is 60.3 Å². The second-order valence-corrected chi connectivity index (χ2v) is 19.3. The van der Waals surface area contributed by atoms with Crippen LogP contribution < -0.4 is 42.2 Å². The summed E-state index contributed by atoms with van der Waals surface area (Å²) in [5.41, 5.74) is 11.7. The van der Waals surface area contributed by atoms with E-state index in [9.17, 15) is 67.7 Å². The van der Waals surface area contributed by atoms with Crippen LogP contribution in [0.2, 0.25) is 0 Å². The molecule has 2 aliphatic rings. The second kappa shape index (κ2) is 20.9. The van der Waals surface area contributed by atoms with E-state index in [1.807, 2.05) is 0 Å². The average molecular weight is 1000 g/mol. The van der Waals surface area contributed by atoms with Crippen molar-refractivity contribution in [3.05, 3.63) is 25.3 Å². The molecule has 7 unspecified atom stereocenters. The summed E-state index contributed by atoms with van der Waals surface area (Å²) in [7, 11) is -30.8. The molecule has 6 heterocycles. The molecule has 356 valence electrons. The van der Waals surface area contributed by atoms with Gasteiger partial charge in [-0.25, -0.2) is 52.7 Å². The Kier molecular flexibility index (Phi) is 19.2. The van der Waals surface area contributed by atoms with Crippen LogP contribution in [0.3, 0.4) is 0 Å². The average Bonchev–Trinajstić information content (AvgIpc) is 3.83. The van der Waals surface area contributed by atoms with E-state index in [2.05, 4.69) is 56.2 Å². The molecule has 2 saturated heterocycles. The summed E-state index contributed by atoms with van der Waals surface area (Å²) in [6, 6.07) is 0. The fourth-order valence-electron chi connectivity index (χ4n) is 5.25. The van der Waals surface area contributed by atoms with Crippen molar-refractivity contribution in [1.82, 2.24) is 69.8 Å². The Morgan fingerprint density at radius 3 is 1.15 bits per heavy atom.